The summed E-state index contributed by atoms with van der Waals surface area (Å²) in [6, 6.07) is 15.5. The topological polar surface area (TPSA) is 62.7 Å². The van der Waals surface area contributed by atoms with Gasteiger partial charge in [0.25, 0.3) is 0 Å². The average Bonchev–Trinajstić information content (AvgIpc) is 2.55. The number of rotatable bonds is 5. The first-order chi connectivity index (χ1) is 11.6. The maximum Gasteiger partial charge on any atom is 0.183 e. The van der Waals surface area contributed by atoms with Crippen molar-refractivity contribution in [1.29, 1.82) is 0 Å². The van der Waals surface area contributed by atoms with E-state index in [0.29, 0.717) is 22.4 Å². The number of hydrogen-bond acceptors (Lipinski definition) is 5. The molecule has 2 heterocycles. The van der Waals surface area contributed by atoms with Gasteiger partial charge in [0.15, 0.2) is 5.82 Å². The Morgan fingerprint density at radius 3 is 2.42 bits per heavy atom. The van der Waals surface area contributed by atoms with E-state index in [1.165, 1.54) is 0 Å². The molecule has 0 aliphatic heterocycles. The molecule has 0 saturated heterocycles. The third-order valence-corrected chi connectivity index (χ3v) is 3.48. The summed E-state index contributed by atoms with van der Waals surface area (Å²) in [5.41, 5.74) is 1.51. The molecule has 0 bridgehead atoms. The number of pyridine rings is 1. The lowest BCUT2D eigenvalue weighted by Crippen LogP contribution is -2.12. The Bertz CT molecular complexity index is 821. The van der Waals surface area contributed by atoms with Gasteiger partial charge in [-0.1, -0.05) is 29.8 Å². The molecule has 0 unspecified atom stereocenters. The molecule has 122 valence electrons. The fourth-order valence-corrected chi connectivity index (χ4v) is 2.41. The van der Waals surface area contributed by atoms with Crippen LogP contribution in [0.3, 0.4) is 0 Å². The third-order valence-electron chi connectivity index (χ3n) is 3.18. The smallest absolute Gasteiger partial charge is 0.183 e. The normalized spacial score (nSPS) is 10.7. The van der Waals surface area contributed by atoms with Gasteiger partial charge in [-0.05, 0) is 38.1 Å². The van der Waals surface area contributed by atoms with Crippen molar-refractivity contribution in [3.8, 4) is 11.5 Å². The summed E-state index contributed by atoms with van der Waals surface area (Å²) in [5, 5.41) is 7.10. The number of halogens is 1. The maximum atomic E-state index is 6.25. The Kier molecular flexibility index (Phi) is 4.91. The number of aromatic nitrogens is 3. The molecule has 2 aromatic heterocycles. The highest BCUT2D eigenvalue weighted by molar-refractivity contribution is 6.32. The van der Waals surface area contributed by atoms with Crippen LogP contribution in [0.25, 0.3) is 11.5 Å². The number of benzene rings is 1. The zero-order chi connectivity index (χ0) is 16.9. The van der Waals surface area contributed by atoms with Gasteiger partial charge in [-0.2, -0.15) is 0 Å². The molecule has 6 heteroatoms. The van der Waals surface area contributed by atoms with E-state index in [1.54, 1.807) is 18.3 Å². The molecule has 0 atom stereocenters. The molecular weight excluding hydrogens is 322 g/mol. The van der Waals surface area contributed by atoms with Gasteiger partial charge >= 0.3 is 0 Å². The number of nitrogens with one attached hydrogen (secondary N) is 2. The highest BCUT2D eigenvalue weighted by atomic mass is 35.5. The van der Waals surface area contributed by atoms with Gasteiger partial charge < -0.3 is 10.6 Å². The Balaban J connectivity index is 2.02. The molecule has 0 aliphatic carbocycles. The molecule has 5 nitrogen and oxygen atoms in total. The van der Waals surface area contributed by atoms with Crippen molar-refractivity contribution >= 4 is 28.9 Å². The standard InChI is InChI=1S/C18H18ClN5/c1-12(2)21-15-11-16(22-13-7-4-3-5-8-13)24-18(23-15)17-14(19)9-6-10-20-17/h3-12H,1-2H3,(H2,21,22,23,24). The van der Waals surface area contributed by atoms with Crippen molar-refractivity contribution in [3.05, 3.63) is 59.8 Å². The van der Waals surface area contributed by atoms with Gasteiger partial charge in [-0.3, -0.25) is 4.98 Å². The van der Waals surface area contributed by atoms with Crippen molar-refractivity contribution in [3.63, 3.8) is 0 Å². The predicted octanol–water partition coefficient (Wildman–Crippen LogP) is 4.76. The van der Waals surface area contributed by atoms with E-state index in [1.807, 2.05) is 36.4 Å². The quantitative estimate of drug-likeness (QED) is 0.702. The number of hydrogen-bond donors (Lipinski definition) is 2. The minimum Gasteiger partial charge on any atom is -0.368 e. The molecule has 3 aromatic rings. The lowest BCUT2D eigenvalue weighted by Gasteiger charge is -2.13. The van der Waals surface area contributed by atoms with E-state index in [4.69, 9.17) is 11.6 Å². The van der Waals surface area contributed by atoms with Crippen LogP contribution < -0.4 is 10.6 Å². The first-order valence-corrected chi connectivity index (χ1v) is 8.08. The number of para-hydroxylation sites is 1. The SMILES string of the molecule is CC(C)Nc1cc(Nc2ccccc2)nc(-c2ncccc2Cl)n1. The summed E-state index contributed by atoms with van der Waals surface area (Å²) < 4.78 is 0. The Labute approximate surface area is 146 Å². The van der Waals surface area contributed by atoms with Crippen molar-refractivity contribution in [1.82, 2.24) is 15.0 Å². The monoisotopic (exact) mass is 339 g/mol. The Hall–Kier alpha value is -2.66. The minimum atomic E-state index is 0.247. The van der Waals surface area contributed by atoms with Crippen LogP contribution in [0.1, 0.15) is 13.8 Å². The predicted molar refractivity (Wildman–Crippen MR) is 98.8 cm³/mol. The van der Waals surface area contributed by atoms with Crippen LogP contribution in [0.2, 0.25) is 5.02 Å². The molecule has 0 spiro atoms. The highest BCUT2D eigenvalue weighted by Gasteiger charge is 2.12. The zero-order valence-electron chi connectivity index (χ0n) is 13.5. The Morgan fingerprint density at radius 2 is 1.71 bits per heavy atom. The highest BCUT2D eigenvalue weighted by Crippen LogP contribution is 2.26. The van der Waals surface area contributed by atoms with Crippen LogP contribution in [0.4, 0.5) is 17.3 Å². The van der Waals surface area contributed by atoms with E-state index in [2.05, 4.69) is 39.4 Å². The maximum absolute atomic E-state index is 6.25. The summed E-state index contributed by atoms with van der Waals surface area (Å²) in [6.07, 6.45) is 1.68. The van der Waals surface area contributed by atoms with E-state index >= 15 is 0 Å². The molecule has 2 N–H and O–H groups in total. The summed E-state index contributed by atoms with van der Waals surface area (Å²) in [4.78, 5) is 13.4. The van der Waals surface area contributed by atoms with Crippen molar-refractivity contribution in [2.45, 2.75) is 19.9 Å². The molecular formula is C18H18ClN5. The van der Waals surface area contributed by atoms with Gasteiger partial charge in [-0.15, -0.1) is 0 Å². The summed E-state index contributed by atoms with van der Waals surface area (Å²) in [6.45, 7) is 4.11. The Morgan fingerprint density at radius 1 is 0.958 bits per heavy atom. The molecule has 24 heavy (non-hydrogen) atoms. The molecule has 3 rings (SSSR count). The molecule has 0 saturated carbocycles. The largest absolute Gasteiger partial charge is 0.368 e. The fourth-order valence-electron chi connectivity index (χ4n) is 2.21. The van der Waals surface area contributed by atoms with Crippen LogP contribution >= 0.6 is 11.6 Å². The molecule has 0 radical (unpaired) electrons. The molecule has 0 aliphatic rings. The summed E-state index contributed by atoms with van der Waals surface area (Å²) >= 11 is 6.25. The number of anilines is 3. The third kappa shape index (κ3) is 4.00. The van der Waals surface area contributed by atoms with Gasteiger partial charge in [0.05, 0.1) is 5.02 Å². The lowest BCUT2D eigenvalue weighted by molar-refractivity contribution is 0.887. The van der Waals surface area contributed by atoms with E-state index in [0.717, 1.165) is 11.5 Å². The van der Waals surface area contributed by atoms with Crippen LogP contribution in [0, 0.1) is 0 Å². The van der Waals surface area contributed by atoms with Crippen LogP contribution in [-0.2, 0) is 0 Å². The summed E-state index contributed by atoms with van der Waals surface area (Å²) in [7, 11) is 0. The minimum absolute atomic E-state index is 0.247. The van der Waals surface area contributed by atoms with Crippen LogP contribution in [0.15, 0.2) is 54.7 Å². The van der Waals surface area contributed by atoms with Gasteiger partial charge in [0.2, 0.25) is 0 Å². The van der Waals surface area contributed by atoms with Gasteiger partial charge in [0.1, 0.15) is 17.3 Å². The van der Waals surface area contributed by atoms with Crippen LogP contribution in [0.5, 0.6) is 0 Å². The van der Waals surface area contributed by atoms with E-state index < -0.39 is 0 Å². The fraction of sp³-hybridized carbons (Fsp3) is 0.167. The second-order valence-corrected chi connectivity index (χ2v) is 5.99. The second-order valence-electron chi connectivity index (χ2n) is 5.59. The number of nitrogens with zero attached hydrogens (tertiary/aromatic N) is 3. The first-order valence-electron chi connectivity index (χ1n) is 7.70. The molecule has 1 aromatic carbocycles. The van der Waals surface area contributed by atoms with Crippen molar-refractivity contribution < 1.29 is 0 Å². The average molecular weight is 340 g/mol. The van der Waals surface area contributed by atoms with Crippen molar-refractivity contribution in [2.24, 2.45) is 0 Å². The second kappa shape index (κ2) is 7.27. The van der Waals surface area contributed by atoms with E-state index in [9.17, 15) is 0 Å². The van der Waals surface area contributed by atoms with Crippen molar-refractivity contribution in [2.75, 3.05) is 10.6 Å². The zero-order valence-corrected chi connectivity index (χ0v) is 14.2. The molecule has 0 amide bonds. The first kappa shape index (κ1) is 16.2. The lowest BCUT2D eigenvalue weighted by atomic mass is 10.3. The van der Waals surface area contributed by atoms with Gasteiger partial charge in [-0.25, -0.2) is 9.97 Å². The van der Waals surface area contributed by atoms with Gasteiger partial charge in [0, 0.05) is 24.0 Å². The van der Waals surface area contributed by atoms with Crippen LogP contribution in [-0.4, -0.2) is 21.0 Å². The van der Waals surface area contributed by atoms with E-state index in [-0.39, 0.29) is 6.04 Å². The summed E-state index contributed by atoms with van der Waals surface area (Å²) in [5.74, 6) is 1.87. The molecule has 0 fully saturated rings.